The maximum absolute atomic E-state index is 11.9. The fourth-order valence-electron chi connectivity index (χ4n) is 1.21. The van der Waals surface area contributed by atoms with Crippen LogP contribution in [0.1, 0.15) is 10.4 Å². The van der Waals surface area contributed by atoms with Crippen molar-refractivity contribution in [1.82, 2.24) is 4.90 Å². The van der Waals surface area contributed by atoms with Gasteiger partial charge in [-0.25, -0.2) is 0 Å². The quantitative estimate of drug-likeness (QED) is 0.382. The number of nitrogens with zero attached hydrogens (tertiary/aromatic N) is 2. The monoisotopic (exact) mass is 275 g/mol. The van der Waals surface area contributed by atoms with Crippen molar-refractivity contribution in [1.29, 1.82) is 0 Å². The molecule has 0 heterocycles. The van der Waals surface area contributed by atoms with Crippen LogP contribution in [0.15, 0.2) is 23.4 Å². The van der Waals surface area contributed by atoms with Crippen LogP contribution in [0.4, 0.5) is 0 Å². The molecule has 1 rings (SSSR count). The van der Waals surface area contributed by atoms with Crippen molar-refractivity contribution in [2.45, 2.75) is 0 Å². The van der Waals surface area contributed by atoms with Crippen molar-refractivity contribution in [3.05, 3.63) is 33.8 Å². The molecule has 0 saturated carbocycles. The van der Waals surface area contributed by atoms with Crippen LogP contribution >= 0.6 is 23.2 Å². The molecule has 0 aliphatic rings. The first-order chi connectivity index (χ1) is 7.95. The van der Waals surface area contributed by atoms with Gasteiger partial charge >= 0.3 is 0 Å². The Morgan fingerprint density at radius 3 is 2.71 bits per heavy atom. The highest BCUT2D eigenvalue weighted by Gasteiger charge is 2.16. The Hall–Kier alpha value is -1.46. The second-order valence-corrected chi connectivity index (χ2v) is 4.22. The maximum atomic E-state index is 11.9. The van der Waals surface area contributed by atoms with Crippen LogP contribution < -0.4 is 5.73 Å². The zero-order valence-corrected chi connectivity index (χ0v) is 10.5. The first-order valence-corrected chi connectivity index (χ1v) is 5.38. The molecule has 0 aliphatic carbocycles. The molecule has 0 unspecified atom stereocenters. The summed E-state index contributed by atoms with van der Waals surface area (Å²) < 4.78 is 0. The largest absolute Gasteiger partial charge is 0.409 e. The topological polar surface area (TPSA) is 78.9 Å². The molecule has 0 saturated heterocycles. The Morgan fingerprint density at radius 2 is 2.18 bits per heavy atom. The molecule has 3 N–H and O–H groups in total. The molecular formula is C10H11Cl2N3O2. The van der Waals surface area contributed by atoms with E-state index in [2.05, 4.69) is 5.16 Å². The zero-order valence-electron chi connectivity index (χ0n) is 9.02. The van der Waals surface area contributed by atoms with Crippen LogP contribution in [0.5, 0.6) is 0 Å². The fraction of sp³-hybridized carbons (Fsp3) is 0.200. The molecule has 0 radical (unpaired) electrons. The van der Waals surface area contributed by atoms with Crippen molar-refractivity contribution in [3.8, 4) is 0 Å². The van der Waals surface area contributed by atoms with Gasteiger partial charge in [0, 0.05) is 12.1 Å². The van der Waals surface area contributed by atoms with Crippen LogP contribution in [0, 0.1) is 0 Å². The van der Waals surface area contributed by atoms with Gasteiger partial charge in [0.25, 0.3) is 5.91 Å². The second-order valence-electron chi connectivity index (χ2n) is 3.38. The van der Waals surface area contributed by atoms with Gasteiger partial charge in [-0.3, -0.25) is 4.79 Å². The normalized spacial score (nSPS) is 11.4. The Bertz CT molecular complexity index is 463. The molecule has 0 spiro atoms. The summed E-state index contributed by atoms with van der Waals surface area (Å²) in [5.41, 5.74) is 5.61. The predicted octanol–water partition coefficient (Wildman–Crippen LogP) is 1.81. The molecule has 5 nitrogen and oxygen atoms in total. The molecule has 1 amide bonds. The number of rotatable bonds is 3. The number of oxime groups is 1. The summed E-state index contributed by atoms with van der Waals surface area (Å²) in [4.78, 5) is 13.2. The van der Waals surface area contributed by atoms with Gasteiger partial charge in [-0.2, -0.15) is 0 Å². The van der Waals surface area contributed by atoms with Gasteiger partial charge in [0.2, 0.25) is 0 Å². The summed E-state index contributed by atoms with van der Waals surface area (Å²) >= 11 is 11.6. The van der Waals surface area contributed by atoms with E-state index in [0.29, 0.717) is 10.6 Å². The minimum absolute atomic E-state index is 0.00822. The Labute approximate surface area is 108 Å². The zero-order chi connectivity index (χ0) is 13.0. The van der Waals surface area contributed by atoms with Gasteiger partial charge in [0.1, 0.15) is 0 Å². The average molecular weight is 276 g/mol. The van der Waals surface area contributed by atoms with E-state index in [1.807, 2.05) is 0 Å². The highest BCUT2D eigenvalue weighted by Crippen LogP contribution is 2.21. The molecule has 0 aliphatic heterocycles. The van der Waals surface area contributed by atoms with Gasteiger partial charge in [-0.1, -0.05) is 28.4 Å². The van der Waals surface area contributed by atoms with E-state index in [0.717, 1.165) is 0 Å². The van der Waals surface area contributed by atoms with Gasteiger partial charge in [-0.05, 0) is 18.2 Å². The molecule has 0 fully saturated rings. The SMILES string of the molecule is CN(C/C(N)=N/O)C(=O)c1ccc(Cl)cc1Cl. The van der Waals surface area contributed by atoms with Crippen molar-refractivity contribution in [2.75, 3.05) is 13.6 Å². The number of hydrogen-bond donors (Lipinski definition) is 2. The molecule has 0 bridgehead atoms. The van der Waals surface area contributed by atoms with E-state index in [-0.39, 0.29) is 23.3 Å². The Morgan fingerprint density at radius 1 is 1.53 bits per heavy atom. The summed E-state index contributed by atoms with van der Waals surface area (Å²) in [6.07, 6.45) is 0. The summed E-state index contributed by atoms with van der Waals surface area (Å²) in [5.74, 6) is -0.399. The third-order valence-electron chi connectivity index (χ3n) is 2.04. The first-order valence-electron chi connectivity index (χ1n) is 4.62. The van der Waals surface area contributed by atoms with Gasteiger partial charge < -0.3 is 15.8 Å². The smallest absolute Gasteiger partial charge is 0.255 e. The minimum Gasteiger partial charge on any atom is -0.409 e. The van der Waals surface area contributed by atoms with Gasteiger partial charge in [-0.15, -0.1) is 0 Å². The number of carbonyl (C=O) groups excluding carboxylic acids is 1. The number of amidine groups is 1. The maximum Gasteiger partial charge on any atom is 0.255 e. The third-order valence-corrected chi connectivity index (χ3v) is 2.58. The molecule has 92 valence electrons. The van der Waals surface area contributed by atoms with E-state index < -0.39 is 0 Å². The van der Waals surface area contributed by atoms with Crippen molar-refractivity contribution >= 4 is 34.9 Å². The first kappa shape index (κ1) is 13.6. The molecule has 1 aromatic carbocycles. The number of nitrogens with two attached hydrogens (primary N) is 1. The van der Waals surface area contributed by atoms with Gasteiger partial charge in [0.15, 0.2) is 5.84 Å². The molecule has 7 heteroatoms. The van der Waals surface area contributed by atoms with E-state index >= 15 is 0 Å². The second kappa shape index (κ2) is 5.75. The van der Waals surface area contributed by atoms with Crippen LogP contribution in [0.25, 0.3) is 0 Å². The molecule has 17 heavy (non-hydrogen) atoms. The van der Waals surface area contributed by atoms with E-state index in [1.165, 1.54) is 24.1 Å². The molecule has 0 aromatic heterocycles. The molecular weight excluding hydrogens is 265 g/mol. The van der Waals surface area contributed by atoms with Crippen molar-refractivity contribution < 1.29 is 10.0 Å². The van der Waals surface area contributed by atoms with Gasteiger partial charge in [0.05, 0.1) is 17.1 Å². The number of benzene rings is 1. The number of likely N-dealkylation sites (N-methyl/N-ethyl adjacent to an activating group) is 1. The van der Waals surface area contributed by atoms with Crippen molar-refractivity contribution in [2.24, 2.45) is 10.9 Å². The molecule has 1 aromatic rings. The van der Waals surface area contributed by atoms with Crippen LogP contribution in [-0.2, 0) is 0 Å². The summed E-state index contributed by atoms with van der Waals surface area (Å²) in [6, 6.07) is 4.57. The van der Waals surface area contributed by atoms with E-state index in [9.17, 15) is 4.79 Å². The number of amides is 1. The summed E-state index contributed by atoms with van der Waals surface area (Å²) in [5, 5.41) is 11.9. The summed E-state index contributed by atoms with van der Waals surface area (Å²) in [6.45, 7) is 0.00822. The predicted molar refractivity (Wildman–Crippen MR) is 66.8 cm³/mol. The van der Waals surface area contributed by atoms with Crippen LogP contribution in [0.3, 0.4) is 0 Å². The van der Waals surface area contributed by atoms with E-state index in [4.69, 9.17) is 34.1 Å². The van der Waals surface area contributed by atoms with Crippen LogP contribution in [0.2, 0.25) is 10.0 Å². The highest BCUT2D eigenvalue weighted by atomic mass is 35.5. The highest BCUT2D eigenvalue weighted by molar-refractivity contribution is 6.36. The minimum atomic E-state index is -0.335. The average Bonchev–Trinajstić information content (AvgIpc) is 2.28. The fourth-order valence-corrected chi connectivity index (χ4v) is 1.70. The van der Waals surface area contributed by atoms with E-state index in [1.54, 1.807) is 6.07 Å². The molecule has 0 atom stereocenters. The lowest BCUT2D eigenvalue weighted by Crippen LogP contribution is -2.35. The number of halogens is 2. The van der Waals surface area contributed by atoms with Crippen LogP contribution in [-0.4, -0.2) is 35.4 Å². The number of hydrogen-bond acceptors (Lipinski definition) is 3. The standard InChI is InChI=1S/C10H11Cl2N3O2/c1-15(5-9(13)14-17)10(16)7-3-2-6(11)4-8(7)12/h2-4,17H,5H2,1H3,(H2,13,14). The lowest BCUT2D eigenvalue weighted by atomic mass is 10.2. The third kappa shape index (κ3) is 3.51. The lowest BCUT2D eigenvalue weighted by Gasteiger charge is -2.16. The lowest BCUT2D eigenvalue weighted by molar-refractivity contribution is 0.0814. The van der Waals surface area contributed by atoms with Crippen molar-refractivity contribution in [3.63, 3.8) is 0 Å². The summed E-state index contributed by atoms with van der Waals surface area (Å²) in [7, 11) is 1.52. The Kier molecular flexibility index (Phi) is 4.60. The Balaban J connectivity index is 2.89. The number of carbonyl (C=O) groups is 1.